The molecule has 1 rings (SSSR count). The second-order valence-electron chi connectivity index (χ2n) is 2.12. The summed E-state index contributed by atoms with van der Waals surface area (Å²) in [4.78, 5) is 0. The highest BCUT2D eigenvalue weighted by Crippen LogP contribution is 2.06. The van der Waals surface area contributed by atoms with E-state index in [0.29, 0.717) is 0 Å². The lowest BCUT2D eigenvalue weighted by atomic mass is 10.1. The zero-order valence-electron chi connectivity index (χ0n) is 9.96. The summed E-state index contributed by atoms with van der Waals surface area (Å²) < 4.78 is 0. The van der Waals surface area contributed by atoms with E-state index in [-0.39, 0.29) is 0 Å². The summed E-state index contributed by atoms with van der Waals surface area (Å²) in [6.07, 6.45) is 0.934. The van der Waals surface area contributed by atoms with Crippen LogP contribution in [0.4, 0.5) is 0 Å². The number of hydrogen-bond donors (Lipinski definition) is 0. The normalized spacial score (nSPS) is 7.14. The van der Waals surface area contributed by atoms with E-state index in [9.17, 15) is 0 Å². The minimum atomic E-state index is 0.796. The third-order valence-electron chi connectivity index (χ3n) is 1.52. The first-order valence-corrected chi connectivity index (χ1v) is 5.36. The third-order valence-corrected chi connectivity index (χ3v) is 1.52. The monoisotopic (exact) mass is 191 g/mol. The molecule has 1 aromatic rings. The first-order chi connectivity index (χ1) is 6.88. The Morgan fingerprint density at radius 3 is 1.93 bits per heavy atom. The lowest BCUT2D eigenvalue weighted by Crippen LogP contribution is -1.84. The van der Waals surface area contributed by atoms with Gasteiger partial charge in [-0.05, 0) is 18.1 Å². The number of hydrogen-bond acceptors (Lipinski definition) is 1. The van der Waals surface area contributed by atoms with Gasteiger partial charge in [-0.2, -0.15) is 5.26 Å². The maximum absolute atomic E-state index is 8.60. The van der Waals surface area contributed by atoms with E-state index in [0.717, 1.165) is 17.5 Å². The topological polar surface area (TPSA) is 23.8 Å². The fourth-order valence-corrected chi connectivity index (χ4v) is 0.938. The Balaban J connectivity index is 0. The van der Waals surface area contributed by atoms with Crippen molar-refractivity contribution in [3.05, 3.63) is 35.4 Å². The Morgan fingerprint density at radius 1 is 1.07 bits per heavy atom. The highest BCUT2D eigenvalue weighted by Gasteiger charge is 1.94. The molecule has 0 aromatic heterocycles. The molecule has 0 aliphatic heterocycles. The molecule has 0 fully saturated rings. The van der Waals surface area contributed by atoms with Crippen molar-refractivity contribution in [2.45, 2.75) is 41.0 Å². The molecule has 0 aliphatic carbocycles. The summed E-state index contributed by atoms with van der Waals surface area (Å²) in [5, 5.41) is 8.60. The summed E-state index contributed by atoms with van der Waals surface area (Å²) in [6, 6.07) is 9.82. The maximum atomic E-state index is 8.60. The van der Waals surface area contributed by atoms with Crippen LogP contribution in [0.5, 0.6) is 0 Å². The van der Waals surface area contributed by atoms with Crippen LogP contribution in [0.2, 0.25) is 0 Å². The molecule has 0 N–H and O–H groups in total. The average Bonchev–Trinajstić information content (AvgIpc) is 2.34. The van der Waals surface area contributed by atoms with Gasteiger partial charge in [0.25, 0.3) is 0 Å². The van der Waals surface area contributed by atoms with Gasteiger partial charge in [0, 0.05) is 0 Å². The molecule has 0 saturated heterocycles. The third kappa shape index (κ3) is 5.37. The minimum absolute atomic E-state index is 0.796. The maximum Gasteiger partial charge on any atom is 0.0994 e. The highest BCUT2D eigenvalue weighted by molar-refractivity contribution is 5.36. The molecule has 0 bridgehead atoms. The summed E-state index contributed by atoms with van der Waals surface area (Å²) in [7, 11) is 0. The van der Waals surface area contributed by atoms with Crippen molar-refractivity contribution in [1.29, 1.82) is 5.26 Å². The fourth-order valence-electron chi connectivity index (χ4n) is 0.938. The largest absolute Gasteiger partial charge is 0.192 e. The van der Waals surface area contributed by atoms with E-state index in [2.05, 4.69) is 13.0 Å². The van der Waals surface area contributed by atoms with Crippen LogP contribution in [0.25, 0.3) is 0 Å². The van der Waals surface area contributed by atoms with Crippen molar-refractivity contribution < 1.29 is 0 Å². The molecule has 0 unspecified atom stereocenters. The predicted octanol–water partition coefficient (Wildman–Crippen LogP) is 4.17. The van der Waals surface area contributed by atoms with Crippen molar-refractivity contribution in [1.82, 2.24) is 0 Å². The zero-order chi connectivity index (χ0) is 11.4. The van der Waals surface area contributed by atoms with Gasteiger partial charge in [0.15, 0.2) is 0 Å². The second-order valence-corrected chi connectivity index (χ2v) is 2.12. The lowest BCUT2D eigenvalue weighted by molar-refractivity contribution is 1.13. The van der Waals surface area contributed by atoms with Crippen LogP contribution in [0.1, 0.15) is 45.7 Å². The van der Waals surface area contributed by atoms with Gasteiger partial charge >= 0.3 is 0 Å². The molecule has 1 heteroatoms. The van der Waals surface area contributed by atoms with Crippen LogP contribution in [-0.2, 0) is 6.42 Å². The molecule has 14 heavy (non-hydrogen) atoms. The van der Waals surface area contributed by atoms with Gasteiger partial charge in [-0.25, -0.2) is 0 Å². The Labute approximate surface area is 88.4 Å². The molecule has 78 valence electrons. The standard InChI is InChI=1S/C9H9N.2C2H6/c1-2-8-5-3-4-6-9(8)7-10;2*1-2/h3-6H,2H2,1H3;2*1-2H3. The summed E-state index contributed by atoms with van der Waals surface area (Å²) in [6.45, 7) is 10.1. The van der Waals surface area contributed by atoms with E-state index in [1.807, 2.05) is 52.0 Å². The zero-order valence-corrected chi connectivity index (χ0v) is 9.96. The lowest BCUT2D eigenvalue weighted by Gasteiger charge is -1.96. The van der Waals surface area contributed by atoms with Gasteiger partial charge in [0.2, 0.25) is 0 Å². The number of nitrogens with zero attached hydrogens (tertiary/aromatic N) is 1. The van der Waals surface area contributed by atoms with Crippen LogP contribution in [0.3, 0.4) is 0 Å². The van der Waals surface area contributed by atoms with Gasteiger partial charge < -0.3 is 0 Å². The van der Waals surface area contributed by atoms with E-state index < -0.39 is 0 Å². The van der Waals surface area contributed by atoms with Crippen molar-refractivity contribution >= 4 is 0 Å². The van der Waals surface area contributed by atoms with Crippen LogP contribution < -0.4 is 0 Å². The van der Waals surface area contributed by atoms with E-state index in [1.165, 1.54) is 0 Å². The number of nitriles is 1. The van der Waals surface area contributed by atoms with Crippen LogP contribution in [-0.4, -0.2) is 0 Å². The van der Waals surface area contributed by atoms with Gasteiger partial charge in [-0.15, -0.1) is 0 Å². The van der Waals surface area contributed by atoms with Crippen molar-refractivity contribution in [2.75, 3.05) is 0 Å². The van der Waals surface area contributed by atoms with Crippen LogP contribution >= 0.6 is 0 Å². The molecule has 1 aromatic carbocycles. The van der Waals surface area contributed by atoms with E-state index in [4.69, 9.17) is 5.26 Å². The first kappa shape index (κ1) is 15.2. The van der Waals surface area contributed by atoms with Gasteiger partial charge in [-0.3, -0.25) is 0 Å². The van der Waals surface area contributed by atoms with Gasteiger partial charge in [0.1, 0.15) is 0 Å². The molecule has 1 nitrogen and oxygen atoms in total. The molecular weight excluding hydrogens is 170 g/mol. The fraction of sp³-hybridized carbons (Fsp3) is 0.462. The molecule has 0 atom stereocenters. The second kappa shape index (κ2) is 11.7. The van der Waals surface area contributed by atoms with Gasteiger partial charge in [-0.1, -0.05) is 52.8 Å². The number of aryl methyl sites for hydroxylation is 1. The quantitative estimate of drug-likeness (QED) is 0.653. The molecule has 0 spiro atoms. The molecule has 0 aliphatic rings. The average molecular weight is 191 g/mol. The van der Waals surface area contributed by atoms with E-state index >= 15 is 0 Å². The minimum Gasteiger partial charge on any atom is -0.192 e. The molecule has 0 heterocycles. The van der Waals surface area contributed by atoms with Crippen LogP contribution in [0.15, 0.2) is 24.3 Å². The summed E-state index contributed by atoms with van der Waals surface area (Å²) in [5.74, 6) is 0. The predicted molar refractivity (Wildman–Crippen MR) is 63.2 cm³/mol. The first-order valence-electron chi connectivity index (χ1n) is 5.36. The molecule has 0 radical (unpaired) electrons. The Kier molecular flexibility index (Phi) is 12.7. The van der Waals surface area contributed by atoms with Crippen molar-refractivity contribution in [2.24, 2.45) is 0 Å². The van der Waals surface area contributed by atoms with Crippen molar-refractivity contribution in [3.8, 4) is 6.07 Å². The summed E-state index contributed by atoms with van der Waals surface area (Å²) in [5.41, 5.74) is 1.93. The van der Waals surface area contributed by atoms with Crippen molar-refractivity contribution in [3.63, 3.8) is 0 Å². The Bertz CT molecular complexity index is 258. The van der Waals surface area contributed by atoms with Gasteiger partial charge in [0.05, 0.1) is 11.6 Å². The Hall–Kier alpha value is -1.29. The van der Waals surface area contributed by atoms with E-state index in [1.54, 1.807) is 0 Å². The highest BCUT2D eigenvalue weighted by atomic mass is 14.2. The van der Waals surface area contributed by atoms with Crippen LogP contribution in [0, 0.1) is 11.3 Å². The Morgan fingerprint density at radius 2 is 1.57 bits per heavy atom. The number of rotatable bonds is 1. The number of benzene rings is 1. The molecule has 0 amide bonds. The molecular formula is C13H21N. The smallest absolute Gasteiger partial charge is 0.0994 e. The SMILES string of the molecule is CC.CC.CCc1ccccc1C#N. The summed E-state index contributed by atoms with van der Waals surface area (Å²) >= 11 is 0. The molecule has 0 saturated carbocycles.